The molecular formula is C19H22N4O5S. The van der Waals surface area contributed by atoms with Gasteiger partial charge in [-0.25, -0.2) is 8.42 Å². The average Bonchev–Trinajstić information content (AvgIpc) is 3.42. The first-order chi connectivity index (χ1) is 14.1. The number of oxazole rings is 1. The molecule has 4 rings (SSSR count). The van der Waals surface area contributed by atoms with E-state index in [1.165, 1.54) is 16.4 Å². The van der Waals surface area contributed by atoms with Crippen molar-refractivity contribution in [1.29, 1.82) is 5.26 Å². The summed E-state index contributed by atoms with van der Waals surface area (Å²) in [7, 11) is -3.56. The first-order valence-electron chi connectivity index (χ1n) is 9.52. The van der Waals surface area contributed by atoms with Gasteiger partial charge in [-0.15, -0.1) is 0 Å². The van der Waals surface area contributed by atoms with Crippen LogP contribution in [-0.4, -0.2) is 63.3 Å². The van der Waals surface area contributed by atoms with Crippen molar-refractivity contribution in [3.63, 3.8) is 0 Å². The zero-order valence-corrected chi connectivity index (χ0v) is 16.7. The summed E-state index contributed by atoms with van der Waals surface area (Å²) in [4.78, 5) is 4.42. The van der Waals surface area contributed by atoms with Crippen molar-refractivity contribution in [3.05, 3.63) is 30.0 Å². The highest BCUT2D eigenvalue weighted by atomic mass is 32.2. The van der Waals surface area contributed by atoms with Crippen LogP contribution in [0.25, 0.3) is 11.5 Å². The van der Waals surface area contributed by atoms with Gasteiger partial charge in [0.15, 0.2) is 0 Å². The molecule has 2 aliphatic rings. The van der Waals surface area contributed by atoms with Gasteiger partial charge in [-0.1, -0.05) is 0 Å². The van der Waals surface area contributed by atoms with Crippen LogP contribution in [0.3, 0.4) is 0 Å². The normalized spacial score (nSPS) is 20.4. The summed E-state index contributed by atoms with van der Waals surface area (Å²) < 4.78 is 43.3. The summed E-state index contributed by atoms with van der Waals surface area (Å²) in [5.74, 6) is 0.551. The van der Waals surface area contributed by atoms with Crippen LogP contribution < -0.4 is 5.32 Å². The molecular weight excluding hydrogens is 396 g/mol. The lowest BCUT2D eigenvalue weighted by atomic mass is 10.2. The molecule has 1 aromatic carbocycles. The Morgan fingerprint density at radius 3 is 2.62 bits per heavy atom. The minimum Gasteiger partial charge on any atom is -0.419 e. The lowest BCUT2D eigenvalue weighted by Crippen LogP contribution is -2.40. The van der Waals surface area contributed by atoms with Gasteiger partial charge >= 0.3 is 0 Å². The molecule has 2 aliphatic heterocycles. The molecule has 2 aromatic rings. The Kier molecular flexibility index (Phi) is 5.82. The molecule has 0 radical (unpaired) electrons. The fraction of sp³-hybridized carbons (Fsp3) is 0.474. The molecule has 1 unspecified atom stereocenters. The second kappa shape index (κ2) is 8.51. The molecule has 0 saturated carbocycles. The van der Waals surface area contributed by atoms with Crippen LogP contribution in [0.4, 0.5) is 5.88 Å². The van der Waals surface area contributed by atoms with Gasteiger partial charge in [0.25, 0.3) is 0 Å². The maximum atomic E-state index is 12.7. The van der Waals surface area contributed by atoms with Crippen molar-refractivity contribution in [2.45, 2.75) is 23.8 Å². The molecule has 3 heterocycles. The number of aromatic nitrogens is 1. The zero-order chi connectivity index (χ0) is 20.3. The highest BCUT2D eigenvalue weighted by Crippen LogP contribution is 2.27. The van der Waals surface area contributed by atoms with E-state index in [0.29, 0.717) is 44.3 Å². The third-order valence-corrected chi connectivity index (χ3v) is 6.87. The number of nitriles is 1. The van der Waals surface area contributed by atoms with Crippen molar-refractivity contribution in [3.8, 4) is 17.5 Å². The first-order valence-corrected chi connectivity index (χ1v) is 11.0. The summed E-state index contributed by atoms with van der Waals surface area (Å²) in [6.07, 6.45) is 2.09. The molecule has 10 heteroatoms. The van der Waals surface area contributed by atoms with Crippen LogP contribution in [0.2, 0.25) is 0 Å². The number of hydrogen-bond donors (Lipinski definition) is 1. The first kappa shape index (κ1) is 19.8. The third kappa shape index (κ3) is 4.28. The van der Waals surface area contributed by atoms with Crippen molar-refractivity contribution in [1.82, 2.24) is 9.29 Å². The maximum Gasteiger partial charge on any atom is 0.243 e. The third-order valence-electron chi connectivity index (χ3n) is 4.96. The maximum absolute atomic E-state index is 12.7. The van der Waals surface area contributed by atoms with Crippen LogP contribution in [0.1, 0.15) is 18.5 Å². The van der Waals surface area contributed by atoms with E-state index in [2.05, 4.69) is 10.3 Å². The Morgan fingerprint density at radius 2 is 1.97 bits per heavy atom. The Balaban J connectivity index is 1.50. The van der Waals surface area contributed by atoms with E-state index in [1.807, 2.05) is 6.07 Å². The minimum absolute atomic E-state index is 0.0970. The lowest BCUT2D eigenvalue weighted by Gasteiger charge is -2.26. The van der Waals surface area contributed by atoms with Crippen LogP contribution in [0.15, 0.2) is 33.6 Å². The summed E-state index contributed by atoms with van der Waals surface area (Å²) in [6.45, 7) is 2.77. The van der Waals surface area contributed by atoms with Crippen LogP contribution in [0, 0.1) is 11.3 Å². The van der Waals surface area contributed by atoms with Gasteiger partial charge in [0.1, 0.15) is 6.07 Å². The molecule has 29 heavy (non-hydrogen) atoms. The molecule has 154 valence electrons. The number of ether oxygens (including phenoxy) is 2. The van der Waals surface area contributed by atoms with Gasteiger partial charge in [0.2, 0.25) is 27.5 Å². The predicted molar refractivity (Wildman–Crippen MR) is 104 cm³/mol. The van der Waals surface area contributed by atoms with E-state index < -0.39 is 10.0 Å². The molecule has 0 spiro atoms. The summed E-state index contributed by atoms with van der Waals surface area (Å²) in [5, 5.41) is 12.4. The molecule has 1 atom stereocenters. The number of morpholine rings is 1. The van der Waals surface area contributed by atoms with Gasteiger partial charge < -0.3 is 19.2 Å². The van der Waals surface area contributed by atoms with E-state index in [1.54, 1.807) is 12.1 Å². The predicted octanol–water partition coefficient (Wildman–Crippen LogP) is 1.83. The zero-order valence-electron chi connectivity index (χ0n) is 15.8. The van der Waals surface area contributed by atoms with Gasteiger partial charge in [0.05, 0.1) is 24.2 Å². The molecule has 1 N–H and O–H groups in total. The van der Waals surface area contributed by atoms with Crippen molar-refractivity contribution in [2.75, 3.05) is 44.8 Å². The van der Waals surface area contributed by atoms with E-state index in [0.717, 1.165) is 19.4 Å². The highest BCUT2D eigenvalue weighted by molar-refractivity contribution is 7.89. The average molecular weight is 418 g/mol. The second-order valence-electron chi connectivity index (χ2n) is 6.87. The Labute approximate surface area is 169 Å². The van der Waals surface area contributed by atoms with E-state index in [-0.39, 0.29) is 22.6 Å². The number of sulfonamides is 1. The van der Waals surface area contributed by atoms with Crippen molar-refractivity contribution < 1.29 is 22.3 Å². The number of benzene rings is 1. The topological polar surface area (TPSA) is 118 Å². The Bertz CT molecular complexity index is 985. The monoisotopic (exact) mass is 418 g/mol. The van der Waals surface area contributed by atoms with Crippen LogP contribution >= 0.6 is 0 Å². The Morgan fingerprint density at radius 1 is 1.21 bits per heavy atom. The van der Waals surface area contributed by atoms with Gasteiger partial charge in [0, 0.05) is 31.8 Å². The van der Waals surface area contributed by atoms with E-state index in [9.17, 15) is 13.7 Å². The Hall–Kier alpha value is -2.45. The number of anilines is 1. The van der Waals surface area contributed by atoms with Crippen molar-refractivity contribution in [2.24, 2.45) is 0 Å². The number of nitrogens with one attached hydrogen (secondary N) is 1. The summed E-state index contributed by atoms with van der Waals surface area (Å²) >= 11 is 0. The van der Waals surface area contributed by atoms with Gasteiger partial charge in [-0.3, -0.25) is 0 Å². The molecule has 2 fully saturated rings. The largest absolute Gasteiger partial charge is 0.419 e. The van der Waals surface area contributed by atoms with Gasteiger partial charge in [-0.2, -0.15) is 14.6 Å². The number of hydrogen-bond acceptors (Lipinski definition) is 8. The summed E-state index contributed by atoms with van der Waals surface area (Å²) in [6, 6.07) is 8.32. The van der Waals surface area contributed by atoms with Crippen LogP contribution in [0.5, 0.6) is 0 Å². The molecule has 9 nitrogen and oxygen atoms in total. The number of rotatable bonds is 6. The number of nitrogens with zero attached hydrogens (tertiary/aromatic N) is 3. The molecule has 0 aliphatic carbocycles. The van der Waals surface area contributed by atoms with E-state index >= 15 is 0 Å². The molecule has 0 amide bonds. The van der Waals surface area contributed by atoms with E-state index in [4.69, 9.17) is 13.9 Å². The SMILES string of the molecule is N#Cc1nc(-c2ccc(S(=O)(=O)N3CCOCC3)cc2)oc1NCC1CCCO1. The quantitative estimate of drug-likeness (QED) is 0.755. The standard InChI is InChI=1S/C19H22N4O5S/c20-12-17-19(21-13-15-2-1-9-27-15)28-18(22-17)14-3-5-16(6-4-14)29(24,25)23-7-10-26-11-8-23/h3-6,15,21H,1-2,7-11,13H2. The van der Waals surface area contributed by atoms with Crippen LogP contribution in [-0.2, 0) is 19.5 Å². The fourth-order valence-electron chi connectivity index (χ4n) is 3.36. The highest BCUT2D eigenvalue weighted by Gasteiger charge is 2.26. The molecule has 2 saturated heterocycles. The van der Waals surface area contributed by atoms with Gasteiger partial charge in [-0.05, 0) is 37.1 Å². The minimum atomic E-state index is -3.56. The summed E-state index contributed by atoms with van der Waals surface area (Å²) in [5.41, 5.74) is 0.746. The fourth-order valence-corrected chi connectivity index (χ4v) is 4.76. The molecule has 1 aromatic heterocycles. The second-order valence-corrected chi connectivity index (χ2v) is 8.80. The lowest BCUT2D eigenvalue weighted by molar-refractivity contribution is 0.0730. The smallest absolute Gasteiger partial charge is 0.243 e. The molecule has 0 bridgehead atoms. The van der Waals surface area contributed by atoms with Crippen molar-refractivity contribution >= 4 is 15.9 Å².